The van der Waals surface area contributed by atoms with Gasteiger partial charge in [0.2, 0.25) is 0 Å². The van der Waals surface area contributed by atoms with Crippen LogP contribution in [0.4, 0.5) is 0 Å². The SMILES string of the molecule is CCC(C)(/C=C/C[C@H](C)C1=CCC2C(=O)CCC[C@]12C)CC. The van der Waals surface area contributed by atoms with E-state index in [0.29, 0.717) is 17.1 Å². The molecule has 2 aliphatic carbocycles. The van der Waals surface area contributed by atoms with Crippen LogP contribution in [0.1, 0.15) is 79.6 Å². The normalized spacial score (nSPS) is 30.5. The molecule has 0 aliphatic heterocycles. The number of hydrogen-bond acceptors (Lipinski definition) is 1. The fraction of sp³-hybridized carbons (Fsp3) is 0.762. The summed E-state index contributed by atoms with van der Waals surface area (Å²) in [6.45, 7) is 11.6. The van der Waals surface area contributed by atoms with E-state index in [2.05, 4.69) is 52.8 Å². The fourth-order valence-electron chi connectivity index (χ4n) is 4.48. The van der Waals surface area contributed by atoms with Crippen LogP contribution in [0.5, 0.6) is 0 Å². The first-order valence-electron chi connectivity index (χ1n) is 9.27. The van der Waals surface area contributed by atoms with Crippen molar-refractivity contribution in [3.05, 3.63) is 23.8 Å². The van der Waals surface area contributed by atoms with Crippen molar-refractivity contribution < 1.29 is 4.79 Å². The summed E-state index contributed by atoms with van der Waals surface area (Å²) in [6.07, 6.45) is 14.8. The van der Waals surface area contributed by atoms with Crippen LogP contribution >= 0.6 is 0 Å². The van der Waals surface area contributed by atoms with Gasteiger partial charge in [0.15, 0.2) is 0 Å². The van der Waals surface area contributed by atoms with Crippen molar-refractivity contribution in [3.63, 3.8) is 0 Å². The third kappa shape index (κ3) is 3.24. The van der Waals surface area contributed by atoms with E-state index in [0.717, 1.165) is 25.7 Å². The third-order valence-electron chi connectivity index (χ3n) is 6.67. The molecule has 0 aromatic heterocycles. The van der Waals surface area contributed by atoms with E-state index >= 15 is 0 Å². The highest BCUT2D eigenvalue weighted by Gasteiger charge is 2.47. The minimum Gasteiger partial charge on any atom is -0.299 e. The lowest BCUT2D eigenvalue weighted by molar-refractivity contribution is -0.128. The summed E-state index contributed by atoms with van der Waals surface area (Å²) in [7, 11) is 0. The van der Waals surface area contributed by atoms with Gasteiger partial charge >= 0.3 is 0 Å². The number of fused-ring (bicyclic) bond motifs is 1. The van der Waals surface area contributed by atoms with Gasteiger partial charge in [0.05, 0.1) is 0 Å². The molecule has 1 saturated carbocycles. The minimum absolute atomic E-state index is 0.154. The summed E-state index contributed by atoms with van der Waals surface area (Å²) in [4.78, 5) is 12.2. The van der Waals surface area contributed by atoms with Crippen LogP contribution < -0.4 is 0 Å². The number of ketones is 1. The summed E-state index contributed by atoms with van der Waals surface area (Å²) in [5, 5.41) is 0. The minimum atomic E-state index is 0.154. The van der Waals surface area contributed by atoms with Crippen LogP contribution in [0.3, 0.4) is 0 Å². The lowest BCUT2D eigenvalue weighted by atomic mass is 9.63. The Morgan fingerprint density at radius 2 is 2.09 bits per heavy atom. The molecule has 0 saturated heterocycles. The van der Waals surface area contributed by atoms with Gasteiger partial charge in [-0.25, -0.2) is 0 Å². The van der Waals surface area contributed by atoms with Gasteiger partial charge in [-0.15, -0.1) is 0 Å². The van der Waals surface area contributed by atoms with E-state index in [1.54, 1.807) is 5.57 Å². The Kier molecular flexibility index (Phi) is 5.35. The molecule has 1 unspecified atom stereocenters. The summed E-state index contributed by atoms with van der Waals surface area (Å²) in [6, 6.07) is 0. The number of hydrogen-bond donors (Lipinski definition) is 0. The zero-order chi connectivity index (χ0) is 16.4. The van der Waals surface area contributed by atoms with Crippen LogP contribution in [0.15, 0.2) is 23.8 Å². The van der Waals surface area contributed by atoms with Gasteiger partial charge in [-0.3, -0.25) is 4.79 Å². The van der Waals surface area contributed by atoms with Gasteiger partial charge in [-0.2, -0.15) is 0 Å². The maximum absolute atomic E-state index is 12.2. The summed E-state index contributed by atoms with van der Waals surface area (Å²) >= 11 is 0. The van der Waals surface area contributed by atoms with Crippen molar-refractivity contribution >= 4 is 5.78 Å². The summed E-state index contributed by atoms with van der Waals surface area (Å²) in [5.74, 6) is 1.35. The van der Waals surface area contributed by atoms with Crippen molar-refractivity contribution in [2.24, 2.45) is 22.7 Å². The molecule has 2 rings (SSSR count). The Hall–Kier alpha value is -0.850. The van der Waals surface area contributed by atoms with Crippen LogP contribution in [0.25, 0.3) is 0 Å². The lowest BCUT2D eigenvalue weighted by Gasteiger charge is -2.40. The second kappa shape index (κ2) is 6.72. The number of Topliss-reactive ketones (excluding diaryl/α,β-unsaturated/α-hetero) is 1. The molecule has 124 valence electrons. The summed E-state index contributed by atoms with van der Waals surface area (Å²) < 4.78 is 0. The molecule has 0 heterocycles. The van der Waals surface area contributed by atoms with Gasteiger partial charge in [-0.1, -0.05) is 58.4 Å². The predicted molar refractivity (Wildman–Crippen MR) is 94.8 cm³/mol. The highest BCUT2D eigenvalue weighted by molar-refractivity contribution is 5.84. The van der Waals surface area contributed by atoms with E-state index < -0.39 is 0 Å². The quantitative estimate of drug-likeness (QED) is 0.542. The molecule has 0 amide bonds. The Morgan fingerprint density at radius 1 is 1.41 bits per heavy atom. The predicted octanol–water partition coefficient (Wildman–Crippen LogP) is 6.10. The van der Waals surface area contributed by atoms with Crippen LogP contribution in [-0.4, -0.2) is 5.78 Å². The van der Waals surface area contributed by atoms with Crippen molar-refractivity contribution in [1.29, 1.82) is 0 Å². The topological polar surface area (TPSA) is 17.1 Å². The van der Waals surface area contributed by atoms with Crippen molar-refractivity contribution in [1.82, 2.24) is 0 Å². The Balaban J connectivity index is 2.03. The van der Waals surface area contributed by atoms with Crippen LogP contribution in [-0.2, 0) is 4.79 Å². The van der Waals surface area contributed by atoms with Gasteiger partial charge in [0.1, 0.15) is 5.78 Å². The monoisotopic (exact) mass is 302 g/mol. The smallest absolute Gasteiger partial charge is 0.137 e. The average Bonchev–Trinajstić information content (AvgIpc) is 2.85. The second-order valence-electron chi connectivity index (χ2n) is 8.09. The Morgan fingerprint density at radius 3 is 2.73 bits per heavy atom. The molecule has 0 aromatic carbocycles. The lowest BCUT2D eigenvalue weighted by Crippen LogP contribution is -2.36. The molecule has 0 aromatic rings. The van der Waals surface area contributed by atoms with E-state index in [4.69, 9.17) is 0 Å². The molecular formula is C21H34O. The van der Waals surface area contributed by atoms with Crippen LogP contribution in [0.2, 0.25) is 0 Å². The van der Waals surface area contributed by atoms with Gasteiger partial charge in [-0.05, 0) is 55.3 Å². The van der Waals surface area contributed by atoms with E-state index in [9.17, 15) is 4.79 Å². The van der Waals surface area contributed by atoms with E-state index in [1.165, 1.54) is 19.3 Å². The highest BCUT2D eigenvalue weighted by atomic mass is 16.1. The molecule has 2 aliphatic rings. The Bertz CT molecular complexity index is 466. The molecule has 1 fully saturated rings. The van der Waals surface area contributed by atoms with Gasteiger partial charge < -0.3 is 0 Å². The summed E-state index contributed by atoms with van der Waals surface area (Å²) in [5.41, 5.74) is 2.06. The molecule has 1 heteroatoms. The molecule has 3 atom stereocenters. The number of carbonyl (C=O) groups excluding carboxylic acids is 1. The van der Waals surface area contributed by atoms with Crippen molar-refractivity contribution in [2.45, 2.75) is 79.6 Å². The number of rotatable bonds is 6. The number of allylic oxidation sites excluding steroid dienone is 4. The Labute approximate surface area is 137 Å². The van der Waals surface area contributed by atoms with E-state index in [-0.39, 0.29) is 11.3 Å². The largest absolute Gasteiger partial charge is 0.299 e. The van der Waals surface area contributed by atoms with Crippen molar-refractivity contribution in [2.75, 3.05) is 0 Å². The molecule has 0 bridgehead atoms. The first-order chi connectivity index (χ1) is 10.4. The second-order valence-corrected chi connectivity index (χ2v) is 8.09. The van der Waals surface area contributed by atoms with E-state index in [1.807, 2.05) is 0 Å². The zero-order valence-electron chi connectivity index (χ0n) is 15.2. The van der Waals surface area contributed by atoms with Gasteiger partial charge in [0, 0.05) is 12.3 Å². The molecule has 0 radical (unpaired) electrons. The first-order valence-corrected chi connectivity index (χ1v) is 9.27. The molecule has 0 spiro atoms. The number of carbonyl (C=O) groups is 1. The van der Waals surface area contributed by atoms with Crippen LogP contribution in [0, 0.1) is 22.7 Å². The van der Waals surface area contributed by atoms with Crippen molar-refractivity contribution in [3.8, 4) is 0 Å². The maximum Gasteiger partial charge on any atom is 0.137 e. The highest BCUT2D eigenvalue weighted by Crippen LogP contribution is 2.53. The molecule has 22 heavy (non-hydrogen) atoms. The standard InChI is InChI=1S/C21H34O/c1-6-20(4,7-2)14-8-10-16(3)17-12-13-18-19(22)11-9-15-21(17,18)5/h8,12,14,16,18H,6-7,9-11,13,15H2,1-5H3/b14-8+/t16-,18?,21+/m0/s1. The molecule has 0 N–H and O–H groups in total. The fourth-order valence-corrected chi connectivity index (χ4v) is 4.48. The molecular weight excluding hydrogens is 268 g/mol. The first kappa shape index (κ1) is 17.5. The third-order valence-corrected chi connectivity index (χ3v) is 6.67. The maximum atomic E-state index is 12.2. The zero-order valence-corrected chi connectivity index (χ0v) is 15.2. The molecule has 1 nitrogen and oxygen atoms in total. The average molecular weight is 303 g/mol. The van der Waals surface area contributed by atoms with Gasteiger partial charge in [0.25, 0.3) is 0 Å².